The summed E-state index contributed by atoms with van der Waals surface area (Å²) in [6, 6.07) is 0.0486. The number of carbonyl (C=O) groups excluding carboxylic acids is 1. The van der Waals surface area contributed by atoms with Crippen LogP contribution in [0.1, 0.15) is 40.0 Å². The van der Waals surface area contributed by atoms with Gasteiger partial charge in [-0.05, 0) is 26.7 Å². The number of hydrogen-bond acceptors (Lipinski definition) is 3. The van der Waals surface area contributed by atoms with Crippen LogP contribution in [0.4, 0.5) is 0 Å². The Balaban J connectivity index is 3.64. The lowest BCUT2D eigenvalue weighted by Gasteiger charge is -2.21. The van der Waals surface area contributed by atoms with E-state index >= 15 is 0 Å². The molecule has 0 aliphatic heterocycles. The fraction of sp³-hybridized carbons (Fsp3) is 0.900. The molecule has 0 rings (SSSR count). The topological polar surface area (TPSA) is 75.3 Å². The highest BCUT2D eigenvalue weighted by Crippen LogP contribution is 2.06. The van der Waals surface area contributed by atoms with Crippen LogP contribution >= 0.6 is 0 Å². The fourth-order valence-corrected chi connectivity index (χ4v) is 0.861. The van der Waals surface area contributed by atoms with E-state index in [0.717, 1.165) is 0 Å². The van der Waals surface area contributed by atoms with Gasteiger partial charge in [0.2, 0.25) is 5.91 Å². The SMILES string of the molecule is CCC(C)(O)CNC(=O)CCC(C)N. The Kier molecular flexibility index (Phi) is 5.72. The number of aliphatic hydroxyl groups is 1. The highest BCUT2D eigenvalue weighted by Gasteiger charge is 2.18. The molecule has 0 bridgehead atoms. The first-order chi connectivity index (χ1) is 6.37. The van der Waals surface area contributed by atoms with E-state index < -0.39 is 5.60 Å². The summed E-state index contributed by atoms with van der Waals surface area (Å²) in [5.74, 6) is -0.0453. The molecule has 1 amide bonds. The second kappa shape index (κ2) is 5.98. The molecule has 0 aliphatic rings. The molecule has 14 heavy (non-hydrogen) atoms. The number of nitrogens with two attached hydrogens (primary N) is 1. The summed E-state index contributed by atoms with van der Waals surface area (Å²) >= 11 is 0. The van der Waals surface area contributed by atoms with Crippen molar-refractivity contribution in [1.82, 2.24) is 5.32 Å². The van der Waals surface area contributed by atoms with Crippen LogP contribution in [0, 0.1) is 0 Å². The van der Waals surface area contributed by atoms with Crippen LogP contribution < -0.4 is 11.1 Å². The molecule has 0 heterocycles. The van der Waals surface area contributed by atoms with Crippen molar-refractivity contribution in [2.45, 2.75) is 51.7 Å². The maximum atomic E-state index is 11.2. The monoisotopic (exact) mass is 202 g/mol. The van der Waals surface area contributed by atoms with Crippen molar-refractivity contribution >= 4 is 5.91 Å². The van der Waals surface area contributed by atoms with Gasteiger partial charge in [0.1, 0.15) is 0 Å². The predicted molar refractivity (Wildman–Crippen MR) is 56.8 cm³/mol. The second-order valence-electron chi connectivity index (χ2n) is 4.14. The van der Waals surface area contributed by atoms with Crippen molar-refractivity contribution in [1.29, 1.82) is 0 Å². The summed E-state index contributed by atoms with van der Waals surface area (Å²) < 4.78 is 0. The Morgan fingerprint density at radius 2 is 2.21 bits per heavy atom. The van der Waals surface area contributed by atoms with Crippen molar-refractivity contribution in [2.75, 3.05) is 6.54 Å². The molecule has 4 heteroatoms. The van der Waals surface area contributed by atoms with Crippen LogP contribution in [0.5, 0.6) is 0 Å². The number of hydrogen-bond donors (Lipinski definition) is 3. The number of carbonyl (C=O) groups is 1. The van der Waals surface area contributed by atoms with Crippen LogP contribution in [0.25, 0.3) is 0 Å². The molecule has 0 aromatic heterocycles. The van der Waals surface area contributed by atoms with E-state index in [4.69, 9.17) is 5.73 Å². The Bertz CT molecular complexity index is 179. The Morgan fingerprint density at radius 1 is 1.64 bits per heavy atom. The van der Waals surface area contributed by atoms with E-state index in [2.05, 4.69) is 5.32 Å². The van der Waals surface area contributed by atoms with Gasteiger partial charge >= 0.3 is 0 Å². The third-order valence-corrected chi connectivity index (χ3v) is 2.25. The van der Waals surface area contributed by atoms with E-state index in [1.165, 1.54) is 0 Å². The molecule has 0 aromatic carbocycles. The highest BCUT2D eigenvalue weighted by molar-refractivity contribution is 5.75. The molecule has 0 aromatic rings. The van der Waals surface area contributed by atoms with Gasteiger partial charge in [0.05, 0.1) is 5.60 Å². The largest absolute Gasteiger partial charge is 0.388 e. The standard InChI is InChI=1S/C10H22N2O2/c1-4-10(3,14)7-12-9(13)6-5-8(2)11/h8,14H,4-7,11H2,1-3H3,(H,12,13). The fourth-order valence-electron chi connectivity index (χ4n) is 0.861. The van der Waals surface area contributed by atoms with Gasteiger partial charge in [-0.3, -0.25) is 4.79 Å². The van der Waals surface area contributed by atoms with Crippen molar-refractivity contribution in [3.63, 3.8) is 0 Å². The lowest BCUT2D eigenvalue weighted by molar-refractivity contribution is -0.122. The minimum Gasteiger partial charge on any atom is -0.388 e. The van der Waals surface area contributed by atoms with Gasteiger partial charge < -0.3 is 16.2 Å². The van der Waals surface area contributed by atoms with E-state index in [1.807, 2.05) is 13.8 Å². The average Bonchev–Trinajstić information content (AvgIpc) is 2.11. The zero-order chi connectivity index (χ0) is 11.2. The third kappa shape index (κ3) is 6.86. The maximum Gasteiger partial charge on any atom is 0.220 e. The first-order valence-electron chi connectivity index (χ1n) is 5.12. The summed E-state index contributed by atoms with van der Waals surface area (Å²) in [5.41, 5.74) is 4.72. The molecule has 0 aliphatic carbocycles. The lowest BCUT2D eigenvalue weighted by Crippen LogP contribution is -2.40. The summed E-state index contributed by atoms with van der Waals surface area (Å²) in [7, 11) is 0. The molecular formula is C10H22N2O2. The Labute approximate surface area is 85.9 Å². The molecule has 2 unspecified atom stereocenters. The molecule has 4 N–H and O–H groups in total. The smallest absolute Gasteiger partial charge is 0.220 e. The summed E-state index contributed by atoms with van der Waals surface area (Å²) in [6.07, 6.45) is 1.73. The van der Waals surface area contributed by atoms with Crippen molar-refractivity contribution in [2.24, 2.45) is 5.73 Å². The van der Waals surface area contributed by atoms with E-state index in [-0.39, 0.29) is 11.9 Å². The molecule has 2 atom stereocenters. The highest BCUT2D eigenvalue weighted by atomic mass is 16.3. The van der Waals surface area contributed by atoms with Crippen LogP contribution in [-0.4, -0.2) is 29.2 Å². The normalized spacial score (nSPS) is 17.2. The van der Waals surface area contributed by atoms with E-state index in [0.29, 0.717) is 25.8 Å². The number of amides is 1. The first kappa shape index (κ1) is 13.4. The van der Waals surface area contributed by atoms with Gasteiger partial charge in [-0.2, -0.15) is 0 Å². The predicted octanol–water partition coefficient (Wildman–Crippen LogP) is 0.391. The lowest BCUT2D eigenvalue weighted by atomic mass is 10.0. The van der Waals surface area contributed by atoms with Gasteiger partial charge in [0.25, 0.3) is 0 Å². The summed E-state index contributed by atoms with van der Waals surface area (Å²) in [6.45, 7) is 5.77. The van der Waals surface area contributed by atoms with Crippen LogP contribution in [0.2, 0.25) is 0 Å². The summed E-state index contributed by atoms with van der Waals surface area (Å²) in [5, 5.41) is 12.3. The van der Waals surface area contributed by atoms with Gasteiger partial charge in [0, 0.05) is 19.0 Å². The Morgan fingerprint density at radius 3 is 2.64 bits per heavy atom. The molecule has 0 saturated carbocycles. The molecular weight excluding hydrogens is 180 g/mol. The van der Waals surface area contributed by atoms with Gasteiger partial charge in [0.15, 0.2) is 0 Å². The molecule has 84 valence electrons. The quantitative estimate of drug-likeness (QED) is 0.583. The van der Waals surface area contributed by atoms with E-state index in [1.54, 1.807) is 6.92 Å². The van der Waals surface area contributed by atoms with Gasteiger partial charge in [-0.25, -0.2) is 0 Å². The molecule has 0 spiro atoms. The average molecular weight is 202 g/mol. The van der Waals surface area contributed by atoms with Crippen molar-refractivity contribution in [3.05, 3.63) is 0 Å². The van der Waals surface area contributed by atoms with Crippen molar-refractivity contribution < 1.29 is 9.90 Å². The van der Waals surface area contributed by atoms with Gasteiger partial charge in [-0.15, -0.1) is 0 Å². The third-order valence-electron chi connectivity index (χ3n) is 2.25. The Hall–Kier alpha value is -0.610. The maximum absolute atomic E-state index is 11.2. The van der Waals surface area contributed by atoms with Crippen molar-refractivity contribution in [3.8, 4) is 0 Å². The molecule has 4 nitrogen and oxygen atoms in total. The number of rotatable bonds is 6. The minimum atomic E-state index is -0.802. The van der Waals surface area contributed by atoms with Crippen LogP contribution in [-0.2, 0) is 4.79 Å². The van der Waals surface area contributed by atoms with Gasteiger partial charge in [-0.1, -0.05) is 6.92 Å². The second-order valence-corrected chi connectivity index (χ2v) is 4.14. The molecule has 0 saturated heterocycles. The zero-order valence-corrected chi connectivity index (χ0v) is 9.34. The van der Waals surface area contributed by atoms with E-state index in [9.17, 15) is 9.90 Å². The zero-order valence-electron chi connectivity index (χ0n) is 9.34. The summed E-state index contributed by atoms with van der Waals surface area (Å²) in [4.78, 5) is 11.2. The first-order valence-corrected chi connectivity index (χ1v) is 5.12. The minimum absolute atomic E-state index is 0.0453. The molecule has 0 radical (unpaired) electrons. The van der Waals surface area contributed by atoms with Crippen LogP contribution in [0.15, 0.2) is 0 Å². The molecule has 0 fully saturated rings. The number of nitrogens with one attached hydrogen (secondary N) is 1. The van der Waals surface area contributed by atoms with Crippen LogP contribution in [0.3, 0.4) is 0 Å².